The Morgan fingerprint density at radius 1 is 1.24 bits per heavy atom. The summed E-state index contributed by atoms with van der Waals surface area (Å²) in [7, 11) is 0. The summed E-state index contributed by atoms with van der Waals surface area (Å²) in [5.41, 5.74) is 0.595. The fourth-order valence-corrected chi connectivity index (χ4v) is 2.24. The van der Waals surface area contributed by atoms with E-state index in [1.165, 1.54) is 23.5 Å². The molecule has 0 saturated carbocycles. The van der Waals surface area contributed by atoms with Crippen LogP contribution in [0.5, 0.6) is 0 Å². The van der Waals surface area contributed by atoms with Gasteiger partial charge in [0.15, 0.2) is 11.1 Å². The molecule has 17 heavy (non-hydrogen) atoms. The monoisotopic (exact) mass is 267 g/mol. The summed E-state index contributed by atoms with van der Waals surface area (Å²) in [5.74, 6) is -0.183. The highest BCUT2D eigenvalue weighted by Crippen LogP contribution is 2.15. The van der Waals surface area contributed by atoms with Gasteiger partial charge in [-0.15, -0.1) is 11.3 Å². The highest BCUT2D eigenvalue weighted by atomic mass is 32.2. The first kappa shape index (κ1) is 12.0. The molecule has 0 fully saturated rings. The number of carbonyl (C=O) groups excluding carboxylic acids is 1. The van der Waals surface area contributed by atoms with Gasteiger partial charge in [-0.1, -0.05) is 6.07 Å². The second-order valence-electron chi connectivity index (χ2n) is 3.20. The molecule has 1 atom stereocenters. The van der Waals surface area contributed by atoms with Crippen LogP contribution in [0.2, 0.25) is 0 Å². The Kier molecular flexibility index (Phi) is 3.68. The van der Waals surface area contributed by atoms with Crippen molar-refractivity contribution < 1.29 is 13.6 Å². The van der Waals surface area contributed by atoms with E-state index in [0.717, 1.165) is 0 Å². The highest BCUT2D eigenvalue weighted by molar-refractivity contribution is 7.79. The molecule has 0 radical (unpaired) electrons. The lowest BCUT2D eigenvalue weighted by molar-refractivity contribution is 0.103. The summed E-state index contributed by atoms with van der Waals surface area (Å²) in [4.78, 5) is 12.6. The molecule has 1 aromatic carbocycles. The maximum Gasteiger partial charge on any atom is 0.265 e. The van der Waals surface area contributed by atoms with Gasteiger partial charge in [0.2, 0.25) is 0 Å². The van der Waals surface area contributed by atoms with Crippen molar-refractivity contribution in [2.24, 2.45) is 0 Å². The van der Waals surface area contributed by atoms with Gasteiger partial charge in [0.05, 0.1) is 9.77 Å². The van der Waals surface area contributed by atoms with E-state index in [-0.39, 0.29) is 5.91 Å². The standard InChI is InChI=1S/C11H9NO3S2/c13-11(10-2-1-7-16-10)12-8-3-5-9(6-4-8)17(14)15/h1-7H,(H,12,13)(H,14,15). The Balaban J connectivity index is 2.09. The van der Waals surface area contributed by atoms with Gasteiger partial charge in [0.1, 0.15) is 0 Å². The Labute approximate surface area is 105 Å². The van der Waals surface area contributed by atoms with Crippen LogP contribution in [0.3, 0.4) is 0 Å². The molecule has 1 heterocycles. The smallest absolute Gasteiger partial charge is 0.265 e. The van der Waals surface area contributed by atoms with Crippen LogP contribution in [0.15, 0.2) is 46.7 Å². The molecular formula is C11H9NO3S2. The van der Waals surface area contributed by atoms with Crippen molar-refractivity contribution in [3.8, 4) is 0 Å². The molecule has 4 nitrogen and oxygen atoms in total. The Morgan fingerprint density at radius 3 is 2.47 bits per heavy atom. The molecule has 1 aromatic heterocycles. The van der Waals surface area contributed by atoms with Crippen molar-refractivity contribution in [1.29, 1.82) is 0 Å². The van der Waals surface area contributed by atoms with E-state index in [1.807, 2.05) is 5.38 Å². The molecule has 6 heteroatoms. The summed E-state index contributed by atoms with van der Waals surface area (Å²) < 4.78 is 19.6. The normalized spacial score (nSPS) is 12.1. The first-order valence-electron chi connectivity index (χ1n) is 4.72. The Bertz CT molecular complexity index is 534. The minimum Gasteiger partial charge on any atom is -0.321 e. The first-order valence-corrected chi connectivity index (χ1v) is 6.71. The lowest BCUT2D eigenvalue weighted by Crippen LogP contribution is -2.09. The van der Waals surface area contributed by atoms with Gasteiger partial charge in [-0.3, -0.25) is 4.79 Å². The van der Waals surface area contributed by atoms with Crippen molar-refractivity contribution >= 4 is 34.0 Å². The molecule has 0 aliphatic carbocycles. The van der Waals surface area contributed by atoms with E-state index < -0.39 is 11.1 Å². The van der Waals surface area contributed by atoms with Gasteiger partial charge in [-0.05, 0) is 35.7 Å². The molecule has 1 unspecified atom stereocenters. The van der Waals surface area contributed by atoms with Crippen LogP contribution >= 0.6 is 11.3 Å². The fourth-order valence-electron chi connectivity index (χ4n) is 1.26. The molecule has 0 bridgehead atoms. The number of hydrogen-bond acceptors (Lipinski definition) is 3. The number of thiophene rings is 1. The summed E-state index contributed by atoms with van der Waals surface area (Å²) in [5, 5.41) is 4.53. The van der Waals surface area contributed by atoms with E-state index in [4.69, 9.17) is 4.55 Å². The van der Waals surface area contributed by atoms with Crippen LogP contribution in [0.25, 0.3) is 0 Å². The van der Waals surface area contributed by atoms with Gasteiger partial charge >= 0.3 is 0 Å². The topological polar surface area (TPSA) is 66.4 Å². The van der Waals surface area contributed by atoms with Crippen LogP contribution in [-0.4, -0.2) is 14.7 Å². The number of anilines is 1. The van der Waals surface area contributed by atoms with Crippen molar-refractivity contribution in [1.82, 2.24) is 0 Å². The van der Waals surface area contributed by atoms with Gasteiger partial charge in [0.25, 0.3) is 5.91 Å². The molecule has 0 aliphatic rings. The minimum absolute atomic E-state index is 0.183. The molecule has 1 amide bonds. The van der Waals surface area contributed by atoms with E-state index in [2.05, 4.69) is 5.32 Å². The van der Waals surface area contributed by atoms with Crippen LogP contribution in [0, 0.1) is 0 Å². The van der Waals surface area contributed by atoms with Gasteiger partial charge in [-0.25, -0.2) is 4.21 Å². The van der Waals surface area contributed by atoms with Crippen LogP contribution in [-0.2, 0) is 11.1 Å². The predicted molar refractivity (Wildman–Crippen MR) is 67.8 cm³/mol. The fraction of sp³-hybridized carbons (Fsp3) is 0. The lowest BCUT2D eigenvalue weighted by atomic mass is 10.3. The molecule has 0 aliphatic heterocycles. The third-order valence-electron chi connectivity index (χ3n) is 2.06. The summed E-state index contributed by atoms with van der Waals surface area (Å²) in [6.07, 6.45) is 0. The minimum atomic E-state index is -1.99. The molecule has 0 spiro atoms. The molecule has 88 valence electrons. The molecular weight excluding hydrogens is 258 g/mol. The molecule has 2 N–H and O–H groups in total. The van der Waals surface area contributed by atoms with Crippen molar-refractivity contribution in [3.05, 3.63) is 46.7 Å². The zero-order chi connectivity index (χ0) is 12.3. The maximum atomic E-state index is 11.7. The second kappa shape index (κ2) is 5.22. The average Bonchev–Trinajstić information content (AvgIpc) is 2.83. The summed E-state index contributed by atoms with van der Waals surface area (Å²) in [6, 6.07) is 9.72. The third kappa shape index (κ3) is 3.00. The van der Waals surface area contributed by atoms with Gasteiger partial charge in [-0.2, -0.15) is 0 Å². The van der Waals surface area contributed by atoms with Crippen LogP contribution in [0.1, 0.15) is 9.67 Å². The van der Waals surface area contributed by atoms with E-state index in [0.29, 0.717) is 15.5 Å². The van der Waals surface area contributed by atoms with Gasteiger partial charge < -0.3 is 9.87 Å². The Morgan fingerprint density at radius 2 is 1.94 bits per heavy atom. The van der Waals surface area contributed by atoms with E-state index in [1.54, 1.807) is 24.3 Å². The average molecular weight is 267 g/mol. The van der Waals surface area contributed by atoms with Crippen molar-refractivity contribution in [2.45, 2.75) is 4.90 Å². The zero-order valence-corrected chi connectivity index (χ0v) is 10.3. The number of benzene rings is 1. The SMILES string of the molecule is O=C(Nc1ccc(S(=O)O)cc1)c1cccs1. The Hall–Kier alpha value is -1.50. The molecule has 0 saturated heterocycles. The number of carbonyl (C=O) groups is 1. The number of amides is 1. The van der Waals surface area contributed by atoms with Crippen molar-refractivity contribution in [2.75, 3.05) is 5.32 Å². The quantitative estimate of drug-likeness (QED) is 0.840. The number of hydrogen-bond donors (Lipinski definition) is 2. The second-order valence-corrected chi connectivity index (χ2v) is 5.12. The zero-order valence-electron chi connectivity index (χ0n) is 8.62. The first-order chi connectivity index (χ1) is 8.16. The number of nitrogens with one attached hydrogen (secondary N) is 1. The predicted octanol–water partition coefficient (Wildman–Crippen LogP) is 2.58. The van der Waals surface area contributed by atoms with Gasteiger partial charge in [0, 0.05) is 5.69 Å². The van der Waals surface area contributed by atoms with Crippen LogP contribution in [0.4, 0.5) is 5.69 Å². The number of rotatable bonds is 3. The molecule has 2 rings (SSSR count). The third-order valence-corrected chi connectivity index (χ3v) is 3.60. The van der Waals surface area contributed by atoms with Crippen molar-refractivity contribution in [3.63, 3.8) is 0 Å². The maximum absolute atomic E-state index is 11.7. The largest absolute Gasteiger partial charge is 0.321 e. The lowest BCUT2D eigenvalue weighted by Gasteiger charge is -2.03. The van der Waals surface area contributed by atoms with Crippen LogP contribution < -0.4 is 5.32 Å². The molecule has 2 aromatic rings. The summed E-state index contributed by atoms with van der Waals surface area (Å²) in [6.45, 7) is 0. The summed E-state index contributed by atoms with van der Waals surface area (Å²) >= 11 is -0.632. The van der Waals surface area contributed by atoms with E-state index >= 15 is 0 Å². The van der Waals surface area contributed by atoms with E-state index in [9.17, 15) is 9.00 Å². The highest BCUT2D eigenvalue weighted by Gasteiger charge is 2.07.